The molecule has 2 fully saturated rings. The van der Waals surface area contributed by atoms with E-state index in [9.17, 15) is 27.9 Å². The molecule has 4 heterocycles. The average Bonchev–Trinajstić information content (AvgIpc) is 3.29. The minimum atomic E-state index is -4.68. The first-order chi connectivity index (χ1) is 15.5. The van der Waals surface area contributed by atoms with Crippen molar-refractivity contribution in [3.63, 3.8) is 0 Å². The number of aliphatic hydroxyl groups excluding tert-OH is 1. The van der Waals surface area contributed by atoms with Crippen molar-refractivity contribution < 1.29 is 32.6 Å². The molecule has 0 unspecified atom stereocenters. The molecule has 2 aromatic heterocycles. The molecule has 2 amide bonds. The van der Waals surface area contributed by atoms with E-state index >= 15 is 0 Å². The van der Waals surface area contributed by atoms with E-state index in [4.69, 9.17) is 16.3 Å². The summed E-state index contributed by atoms with van der Waals surface area (Å²) < 4.78 is 47.2. The topological polar surface area (TPSA) is 87.4 Å². The van der Waals surface area contributed by atoms with Crippen LogP contribution in [0, 0.1) is 5.92 Å². The largest absolute Gasteiger partial charge is 0.448 e. The van der Waals surface area contributed by atoms with Crippen LogP contribution >= 0.6 is 11.6 Å². The Balaban J connectivity index is 1.63. The number of alkyl halides is 3. The van der Waals surface area contributed by atoms with Gasteiger partial charge in [-0.2, -0.15) is 13.2 Å². The Bertz CT molecular complexity index is 1090. The molecule has 12 heteroatoms. The third kappa shape index (κ3) is 4.48. The van der Waals surface area contributed by atoms with E-state index in [1.165, 1.54) is 16.0 Å². The summed E-state index contributed by atoms with van der Waals surface area (Å²) in [7, 11) is 0. The number of β-amino-alcohol motifs (C(OH)–C–C–N with tert-alkyl or cyclic N) is 1. The van der Waals surface area contributed by atoms with Crippen LogP contribution in [0.25, 0.3) is 5.65 Å². The van der Waals surface area contributed by atoms with E-state index in [0.29, 0.717) is 24.9 Å². The summed E-state index contributed by atoms with van der Waals surface area (Å²) in [4.78, 5) is 31.6. The van der Waals surface area contributed by atoms with Gasteiger partial charge in [0.2, 0.25) is 0 Å². The molecule has 4 rings (SSSR count). The van der Waals surface area contributed by atoms with Gasteiger partial charge in [-0.25, -0.2) is 9.78 Å². The number of hydrogen-bond acceptors (Lipinski definition) is 5. The SMILES string of the molecule is CC(C)Cc1cc(C(F)(F)F)c2nc(C(=O)N3CC[C@H](N4CCOC4=O)[C@@H](O)C3)c(Cl)n2c1. The molecule has 0 spiro atoms. The molecular formula is C21H24ClF3N4O4. The number of pyridine rings is 1. The number of likely N-dealkylation sites (tertiary alicyclic amines) is 1. The number of carbonyl (C=O) groups is 2. The summed E-state index contributed by atoms with van der Waals surface area (Å²) in [5.74, 6) is -0.564. The predicted octanol–water partition coefficient (Wildman–Crippen LogP) is 3.23. The molecule has 0 radical (unpaired) electrons. The monoisotopic (exact) mass is 488 g/mol. The van der Waals surface area contributed by atoms with Crippen LogP contribution in [0.4, 0.5) is 18.0 Å². The first-order valence-corrected chi connectivity index (χ1v) is 11.0. The summed E-state index contributed by atoms with van der Waals surface area (Å²) in [6.07, 6.45) is -4.07. The highest BCUT2D eigenvalue weighted by atomic mass is 35.5. The van der Waals surface area contributed by atoms with Gasteiger partial charge in [0, 0.05) is 19.3 Å². The molecule has 0 bridgehead atoms. The van der Waals surface area contributed by atoms with Crippen molar-refractivity contribution in [3.8, 4) is 0 Å². The fourth-order valence-corrected chi connectivity index (χ4v) is 4.68. The number of cyclic esters (lactones) is 1. The number of piperidine rings is 1. The molecule has 2 aliphatic rings. The number of hydrogen-bond donors (Lipinski definition) is 1. The smallest absolute Gasteiger partial charge is 0.419 e. The van der Waals surface area contributed by atoms with Crippen molar-refractivity contribution in [1.82, 2.24) is 19.2 Å². The Kier molecular flexibility index (Phi) is 6.21. The number of halogens is 4. The normalized spacial score (nSPS) is 21.9. The number of amides is 2. The number of aliphatic hydroxyl groups is 1. The lowest BCUT2D eigenvalue weighted by Gasteiger charge is -2.38. The van der Waals surface area contributed by atoms with Crippen molar-refractivity contribution in [2.45, 2.75) is 45.0 Å². The summed E-state index contributed by atoms with van der Waals surface area (Å²) in [5, 5.41) is 10.3. The maximum Gasteiger partial charge on any atom is 0.419 e. The van der Waals surface area contributed by atoms with Crippen LogP contribution < -0.4 is 0 Å². The van der Waals surface area contributed by atoms with Gasteiger partial charge in [0.15, 0.2) is 11.3 Å². The molecule has 2 aliphatic heterocycles. The van der Waals surface area contributed by atoms with Gasteiger partial charge in [-0.3, -0.25) is 14.1 Å². The Labute approximate surface area is 192 Å². The van der Waals surface area contributed by atoms with E-state index < -0.39 is 41.5 Å². The highest BCUT2D eigenvalue weighted by molar-refractivity contribution is 6.33. The van der Waals surface area contributed by atoms with Crippen molar-refractivity contribution in [3.05, 3.63) is 34.2 Å². The molecule has 1 N–H and O–H groups in total. The quantitative estimate of drug-likeness (QED) is 0.714. The zero-order valence-electron chi connectivity index (χ0n) is 18.1. The van der Waals surface area contributed by atoms with Gasteiger partial charge in [0.25, 0.3) is 5.91 Å². The molecule has 0 saturated carbocycles. The maximum absolute atomic E-state index is 13.7. The number of imidazole rings is 1. The number of fused-ring (bicyclic) bond motifs is 1. The number of carbonyl (C=O) groups excluding carboxylic acids is 2. The van der Waals surface area contributed by atoms with E-state index in [1.54, 1.807) is 0 Å². The zero-order valence-corrected chi connectivity index (χ0v) is 18.9. The van der Waals surface area contributed by atoms with E-state index in [-0.39, 0.29) is 36.5 Å². The maximum atomic E-state index is 13.7. The van der Waals surface area contributed by atoms with Gasteiger partial charge in [-0.05, 0) is 30.4 Å². The van der Waals surface area contributed by atoms with Crippen LogP contribution in [0.2, 0.25) is 5.15 Å². The first-order valence-electron chi connectivity index (χ1n) is 10.7. The van der Waals surface area contributed by atoms with Gasteiger partial charge in [-0.15, -0.1) is 0 Å². The van der Waals surface area contributed by atoms with Gasteiger partial charge in [0.1, 0.15) is 11.8 Å². The molecular weight excluding hydrogens is 465 g/mol. The van der Waals surface area contributed by atoms with Gasteiger partial charge < -0.3 is 14.7 Å². The van der Waals surface area contributed by atoms with Crippen molar-refractivity contribution >= 4 is 29.2 Å². The Hall–Kier alpha value is -2.53. The Morgan fingerprint density at radius 1 is 1.36 bits per heavy atom. The number of aromatic nitrogens is 2. The van der Waals surface area contributed by atoms with E-state index in [2.05, 4.69) is 4.98 Å². The second-order valence-corrected chi connectivity index (χ2v) is 9.14. The van der Waals surface area contributed by atoms with Gasteiger partial charge >= 0.3 is 12.3 Å². The molecule has 2 atom stereocenters. The van der Waals surface area contributed by atoms with Gasteiger partial charge in [0.05, 0.1) is 24.3 Å². The standard InChI is InChI=1S/C21H24ClF3N4O4/c1-11(2)7-12-8-13(21(23,24)25)18-26-16(17(22)29(18)9-12)19(31)27-4-3-14(15(30)10-27)28-5-6-33-20(28)32/h8-9,11,14-15,30H,3-7,10H2,1-2H3/t14-,15-/m0/s1. The fraction of sp³-hybridized carbons (Fsp3) is 0.571. The third-order valence-electron chi connectivity index (χ3n) is 5.90. The third-order valence-corrected chi connectivity index (χ3v) is 6.26. The predicted molar refractivity (Wildman–Crippen MR) is 112 cm³/mol. The van der Waals surface area contributed by atoms with Crippen LogP contribution in [0.3, 0.4) is 0 Å². The lowest BCUT2D eigenvalue weighted by Crippen LogP contribution is -2.55. The molecule has 180 valence electrons. The average molecular weight is 489 g/mol. The summed E-state index contributed by atoms with van der Waals surface area (Å²) >= 11 is 6.34. The number of rotatable bonds is 4. The Morgan fingerprint density at radius 3 is 2.67 bits per heavy atom. The lowest BCUT2D eigenvalue weighted by molar-refractivity contribution is -0.136. The lowest BCUT2D eigenvalue weighted by atomic mass is 10.00. The van der Waals surface area contributed by atoms with Crippen molar-refractivity contribution in [2.24, 2.45) is 5.92 Å². The molecule has 33 heavy (non-hydrogen) atoms. The van der Waals surface area contributed by atoms with Gasteiger partial charge in [-0.1, -0.05) is 25.4 Å². The highest BCUT2D eigenvalue weighted by Crippen LogP contribution is 2.35. The van der Waals surface area contributed by atoms with Crippen LogP contribution in [0.1, 0.15) is 41.9 Å². The van der Waals surface area contributed by atoms with Crippen LogP contribution in [-0.4, -0.2) is 74.7 Å². The number of nitrogens with zero attached hydrogens (tertiary/aromatic N) is 4. The van der Waals surface area contributed by atoms with Crippen LogP contribution in [0.15, 0.2) is 12.3 Å². The first kappa shape index (κ1) is 23.6. The minimum Gasteiger partial charge on any atom is -0.448 e. The zero-order chi connectivity index (χ0) is 24.1. The summed E-state index contributed by atoms with van der Waals surface area (Å²) in [6.45, 7) is 4.44. The van der Waals surface area contributed by atoms with Crippen LogP contribution in [-0.2, 0) is 17.3 Å². The summed E-state index contributed by atoms with van der Waals surface area (Å²) in [6, 6.07) is 0.535. The van der Waals surface area contributed by atoms with E-state index in [1.807, 2.05) is 13.8 Å². The van der Waals surface area contributed by atoms with E-state index in [0.717, 1.165) is 10.5 Å². The van der Waals surface area contributed by atoms with Crippen molar-refractivity contribution in [2.75, 3.05) is 26.2 Å². The molecule has 0 aliphatic carbocycles. The van der Waals surface area contributed by atoms with Crippen LogP contribution in [0.5, 0.6) is 0 Å². The molecule has 2 aromatic rings. The summed E-state index contributed by atoms with van der Waals surface area (Å²) in [5.41, 5.74) is -1.29. The molecule has 2 saturated heterocycles. The minimum absolute atomic E-state index is 0.109. The highest BCUT2D eigenvalue weighted by Gasteiger charge is 2.40. The second kappa shape index (κ2) is 8.68. The Morgan fingerprint density at radius 2 is 2.09 bits per heavy atom. The second-order valence-electron chi connectivity index (χ2n) is 8.78. The fourth-order valence-electron chi connectivity index (χ4n) is 4.43. The molecule has 0 aromatic carbocycles. The molecule has 8 nitrogen and oxygen atoms in total. The van der Waals surface area contributed by atoms with Crippen molar-refractivity contribution in [1.29, 1.82) is 0 Å². The number of ether oxygens (including phenoxy) is 1.